The van der Waals surface area contributed by atoms with Gasteiger partial charge in [0, 0.05) is 19.1 Å². The first-order valence-corrected chi connectivity index (χ1v) is 4.55. The third-order valence-corrected chi connectivity index (χ3v) is 2.65. The fraction of sp³-hybridized carbons (Fsp3) is 0.250. The van der Waals surface area contributed by atoms with E-state index in [1.165, 1.54) is 0 Å². The van der Waals surface area contributed by atoms with E-state index in [-0.39, 0.29) is 5.50 Å². The monoisotopic (exact) mass is 182 g/mol. The minimum absolute atomic E-state index is 0.0533. The maximum Gasteiger partial charge on any atom is 0.173 e. The van der Waals surface area contributed by atoms with Crippen molar-refractivity contribution >= 4 is 23.4 Å². The Balaban J connectivity index is 2.35. The summed E-state index contributed by atoms with van der Waals surface area (Å²) in [5, 5.41) is 3.17. The molecule has 0 saturated heterocycles. The second-order valence-electron chi connectivity index (χ2n) is 2.73. The molecule has 4 heteroatoms. The third kappa shape index (κ3) is 1.04. The molecule has 0 aliphatic carbocycles. The summed E-state index contributed by atoms with van der Waals surface area (Å²) in [5.41, 5.74) is 2.15. The topological polar surface area (TPSA) is 35.5 Å². The molecular weight excluding hydrogens is 172 g/mol. The van der Waals surface area contributed by atoms with E-state index >= 15 is 0 Å². The van der Waals surface area contributed by atoms with Gasteiger partial charge < -0.3 is 14.8 Å². The van der Waals surface area contributed by atoms with Crippen LogP contribution in [0.3, 0.4) is 0 Å². The van der Waals surface area contributed by atoms with Crippen molar-refractivity contribution in [2.24, 2.45) is 0 Å². The lowest BCUT2D eigenvalue weighted by atomic mass is 10.3. The van der Waals surface area contributed by atoms with Crippen LogP contribution in [0.25, 0.3) is 0 Å². The zero-order valence-electron chi connectivity index (χ0n) is 6.69. The van der Waals surface area contributed by atoms with Crippen molar-refractivity contribution in [3.63, 3.8) is 0 Å². The van der Waals surface area contributed by atoms with Gasteiger partial charge in [-0.1, -0.05) is 12.1 Å². The number of anilines is 2. The van der Waals surface area contributed by atoms with Crippen LogP contribution in [-0.2, 0) is 0 Å². The summed E-state index contributed by atoms with van der Waals surface area (Å²) in [7, 11) is 1.95. The van der Waals surface area contributed by atoms with Crippen LogP contribution in [0.15, 0.2) is 24.3 Å². The number of benzene rings is 1. The molecule has 1 unspecified atom stereocenters. The van der Waals surface area contributed by atoms with E-state index < -0.39 is 0 Å². The molecule has 1 aliphatic rings. The Morgan fingerprint density at radius 3 is 2.92 bits per heavy atom. The summed E-state index contributed by atoms with van der Waals surface area (Å²) in [6.45, 7) is 0. The summed E-state index contributed by atoms with van der Waals surface area (Å²) in [6.07, 6.45) is 0. The number of hydrogen-bond acceptors (Lipinski definition) is 4. The first-order valence-electron chi connectivity index (χ1n) is 3.71. The lowest BCUT2D eigenvalue weighted by Gasteiger charge is -2.17. The average Bonchev–Trinajstić information content (AvgIpc) is 2.44. The molecular formula is C8H10N2OS. The quantitative estimate of drug-likeness (QED) is 0.651. The molecule has 0 bridgehead atoms. The van der Waals surface area contributed by atoms with Crippen molar-refractivity contribution in [3.05, 3.63) is 24.3 Å². The molecule has 2 N–H and O–H groups in total. The van der Waals surface area contributed by atoms with Gasteiger partial charge >= 0.3 is 0 Å². The highest BCUT2D eigenvalue weighted by molar-refractivity contribution is 7.94. The second-order valence-corrected chi connectivity index (χ2v) is 3.39. The van der Waals surface area contributed by atoms with Gasteiger partial charge in [-0.15, -0.1) is 0 Å². The molecule has 1 atom stereocenters. The summed E-state index contributed by atoms with van der Waals surface area (Å²) in [6, 6.07) is 7.99. The van der Waals surface area contributed by atoms with Gasteiger partial charge in [-0.2, -0.15) is 0 Å². The molecule has 0 fully saturated rings. The van der Waals surface area contributed by atoms with E-state index in [1.54, 1.807) is 0 Å². The largest absolute Gasteiger partial charge is 0.353 e. The number of nitrogens with zero attached hydrogens (tertiary/aromatic N) is 1. The molecule has 0 radical (unpaired) electrons. The van der Waals surface area contributed by atoms with E-state index in [4.69, 9.17) is 4.55 Å². The molecule has 1 aliphatic heterocycles. The van der Waals surface area contributed by atoms with Crippen LogP contribution in [-0.4, -0.2) is 17.1 Å². The van der Waals surface area contributed by atoms with Crippen LogP contribution in [0.4, 0.5) is 11.4 Å². The van der Waals surface area contributed by atoms with Gasteiger partial charge in [0.25, 0.3) is 0 Å². The van der Waals surface area contributed by atoms with Gasteiger partial charge in [-0.25, -0.2) is 0 Å². The minimum Gasteiger partial charge on any atom is -0.353 e. The van der Waals surface area contributed by atoms with Crippen LogP contribution in [0.1, 0.15) is 0 Å². The molecule has 2 rings (SSSR count). The summed E-state index contributed by atoms with van der Waals surface area (Å²) in [5.74, 6) is 0. The Labute approximate surface area is 75.6 Å². The van der Waals surface area contributed by atoms with E-state index in [0.29, 0.717) is 0 Å². The van der Waals surface area contributed by atoms with E-state index in [9.17, 15) is 0 Å². The summed E-state index contributed by atoms with van der Waals surface area (Å²) in [4.78, 5) is 2.00. The van der Waals surface area contributed by atoms with Crippen molar-refractivity contribution in [2.45, 2.75) is 5.50 Å². The highest BCUT2D eigenvalue weighted by Crippen LogP contribution is 2.35. The van der Waals surface area contributed by atoms with Gasteiger partial charge in [-0.05, 0) is 12.1 Å². The third-order valence-electron chi connectivity index (χ3n) is 2.01. The molecule has 64 valence electrons. The standard InChI is InChI=1S/C8H10N2OS/c1-10-7-5-3-2-4-6(7)9-8(10)12-11/h2-5,8-9,11H,1H3. The molecule has 0 aromatic heterocycles. The Morgan fingerprint density at radius 1 is 1.50 bits per heavy atom. The molecule has 12 heavy (non-hydrogen) atoms. The lowest BCUT2D eigenvalue weighted by Crippen LogP contribution is -2.28. The second kappa shape index (κ2) is 2.88. The molecule has 0 saturated carbocycles. The van der Waals surface area contributed by atoms with Gasteiger partial charge in [-0.3, -0.25) is 0 Å². The Hall–Kier alpha value is -0.870. The number of rotatable bonds is 1. The van der Waals surface area contributed by atoms with Gasteiger partial charge in [0.2, 0.25) is 0 Å². The fourth-order valence-electron chi connectivity index (χ4n) is 1.36. The Morgan fingerprint density at radius 2 is 2.25 bits per heavy atom. The molecule has 1 aromatic carbocycles. The van der Waals surface area contributed by atoms with Crippen LogP contribution < -0.4 is 10.2 Å². The molecule has 1 aromatic rings. The van der Waals surface area contributed by atoms with E-state index in [2.05, 4.69) is 5.32 Å². The van der Waals surface area contributed by atoms with E-state index in [1.807, 2.05) is 36.2 Å². The highest BCUT2D eigenvalue weighted by atomic mass is 32.2. The zero-order valence-corrected chi connectivity index (χ0v) is 7.51. The average molecular weight is 182 g/mol. The Kier molecular flexibility index (Phi) is 1.86. The number of hydrogen-bond donors (Lipinski definition) is 2. The lowest BCUT2D eigenvalue weighted by molar-refractivity contribution is 0.652. The molecule has 1 heterocycles. The van der Waals surface area contributed by atoms with Gasteiger partial charge in [0.05, 0.1) is 11.4 Å². The maximum atomic E-state index is 8.92. The van der Waals surface area contributed by atoms with E-state index in [0.717, 1.165) is 23.4 Å². The highest BCUT2D eigenvalue weighted by Gasteiger charge is 2.24. The van der Waals surface area contributed by atoms with Crippen molar-refractivity contribution in [2.75, 3.05) is 17.3 Å². The van der Waals surface area contributed by atoms with Crippen molar-refractivity contribution < 1.29 is 4.55 Å². The maximum absolute atomic E-state index is 8.92. The smallest absolute Gasteiger partial charge is 0.173 e. The number of fused-ring (bicyclic) bond motifs is 1. The van der Waals surface area contributed by atoms with Crippen LogP contribution in [0.2, 0.25) is 0 Å². The SMILES string of the molecule is CN1c2ccccc2NC1SO. The van der Waals surface area contributed by atoms with Gasteiger partial charge in [0.15, 0.2) is 5.50 Å². The number of para-hydroxylation sites is 2. The Bertz CT molecular complexity index is 292. The van der Waals surface area contributed by atoms with Gasteiger partial charge in [0.1, 0.15) is 0 Å². The summed E-state index contributed by atoms with van der Waals surface area (Å²) < 4.78 is 8.92. The van der Waals surface area contributed by atoms with Crippen LogP contribution in [0, 0.1) is 0 Å². The normalized spacial score (nSPS) is 20.5. The molecule has 3 nitrogen and oxygen atoms in total. The first-order chi connectivity index (χ1) is 5.83. The predicted octanol–water partition coefficient (Wildman–Crippen LogP) is 2.04. The van der Waals surface area contributed by atoms with Crippen molar-refractivity contribution in [3.8, 4) is 0 Å². The van der Waals surface area contributed by atoms with Crippen molar-refractivity contribution in [1.29, 1.82) is 0 Å². The van der Waals surface area contributed by atoms with Crippen LogP contribution in [0.5, 0.6) is 0 Å². The summed E-state index contributed by atoms with van der Waals surface area (Å²) >= 11 is 0.812. The zero-order chi connectivity index (χ0) is 8.55. The molecule has 0 spiro atoms. The minimum atomic E-state index is -0.0533. The fourth-order valence-corrected chi connectivity index (χ4v) is 1.79. The first kappa shape index (κ1) is 7.76. The number of nitrogens with one attached hydrogen (secondary N) is 1. The molecule has 0 amide bonds. The van der Waals surface area contributed by atoms with Crippen molar-refractivity contribution in [1.82, 2.24) is 0 Å². The van der Waals surface area contributed by atoms with Crippen LogP contribution >= 0.6 is 12.0 Å². The predicted molar refractivity (Wildman–Crippen MR) is 52.5 cm³/mol.